The molecule has 0 fully saturated rings. The van der Waals surface area contributed by atoms with Crippen molar-refractivity contribution < 1.29 is 13.7 Å². The van der Waals surface area contributed by atoms with E-state index in [2.05, 4.69) is 0 Å². The van der Waals surface area contributed by atoms with Gasteiger partial charge >= 0.3 is 0 Å². The van der Waals surface area contributed by atoms with Crippen LogP contribution >= 0.6 is 0 Å². The van der Waals surface area contributed by atoms with Crippen LogP contribution in [-0.2, 0) is 11.1 Å². The zero-order chi connectivity index (χ0) is 11.4. The lowest BCUT2D eigenvalue weighted by Gasteiger charge is -2.09. The second kappa shape index (κ2) is 4.99. The minimum Gasteiger partial charge on any atom is -0.306 e. The zero-order valence-electron chi connectivity index (χ0n) is 8.12. The van der Waals surface area contributed by atoms with Crippen molar-refractivity contribution in [1.82, 2.24) is 0 Å². The second-order valence-corrected chi connectivity index (χ2v) is 4.18. The molecule has 1 rings (SSSR count). The molecule has 15 heavy (non-hydrogen) atoms. The fourth-order valence-electron chi connectivity index (χ4n) is 1.37. The Balaban J connectivity index is 3.02. The highest BCUT2D eigenvalue weighted by molar-refractivity contribution is 7.79. The van der Waals surface area contributed by atoms with Crippen LogP contribution in [0.4, 0.5) is 5.69 Å². The van der Waals surface area contributed by atoms with E-state index >= 15 is 0 Å². The van der Waals surface area contributed by atoms with Crippen molar-refractivity contribution in [3.63, 3.8) is 0 Å². The quantitative estimate of drug-likeness (QED) is 0.486. The number of hydrogen-bond donors (Lipinski definition) is 1. The van der Waals surface area contributed by atoms with Crippen LogP contribution in [0.1, 0.15) is 18.4 Å². The number of para-hydroxylation sites is 1. The van der Waals surface area contributed by atoms with Gasteiger partial charge in [-0.1, -0.05) is 25.1 Å². The SMILES string of the molecule is CC(CS(=O)O)c1ccccc1[N+](=O)[O-]. The molecule has 2 unspecified atom stereocenters. The molecule has 1 aromatic rings. The topological polar surface area (TPSA) is 80.4 Å². The van der Waals surface area contributed by atoms with Gasteiger partial charge in [-0.3, -0.25) is 10.1 Å². The number of nitro benzene ring substituents is 1. The highest BCUT2D eigenvalue weighted by atomic mass is 32.2. The van der Waals surface area contributed by atoms with Crippen molar-refractivity contribution in [3.8, 4) is 0 Å². The first-order valence-electron chi connectivity index (χ1n) is 4.33. The summed E-state index contributed by atoms with van der Waals surface area (Å²) in [6, 6.07) is 6.26. The van der Waals surface area contributed by atoms with Gasteiger partial charge in [0.15, 0.2) is 11.1 Å². The van der Waals surface area contributed by atoms with E-state index in [1.165, 1.54) is 6.07 Å². The number of nitrogens with zero attached hydrogens (tertiary/aromatic N) is 1. The Morgan fingerprint density at radius 2 is 2.13 bits per heavy atom. The second-order valence-electron chi connectivity index (χ2n) is 3.21. The Morgan fingerprint density at radius 3 is 2.67 bits per heavy atom. The summed E-state index contributed by atoms with van der Waals surface area (Å²) in [7, 11) is 0. The molecule has 1 aromatic carbocycles. The molecule has 6 heteroatoms. The van der Waals surface area contributed by atoms with E-state index in [0.717, 1.165) is 0 Å². The van der Waals surface area contributed by atoms with Crippen molar-refractivity contribution in [2.24, 2.45) is 0 Å². The first kappa shape index (κ1) is 11.8. The van der Waals surface area contributed by atoms with Gasteiger partial charge in [0.25, 0.3) is 5.69 Å². The van der Waals surface area contributed by atoms with Crippen molar-refractivity contribution in [2.75, 3.05) is 5.75 Å². The Morgan fingerprint density at radius 1 is 1.53 bits per heavy atom. The summed E-state index contributed by atoms with van der Waals surface area (Å²) in [5, 5.41) is 10.7. The van der Waals surface area contributed by atoms with Crippen LogP contribution in [0.25, 0.3) is 0 Å². The lowest BCUT2D eigenvalue weighted by molar-refractivity contribution is -0.385. The fourth-order valence-corrected chi connectivity index (χ4v) is 1.98. The highest BCUT2D eigenvalue weighted by Gasteiger charge is 2.19. The molecule has 0 aliphatic heterocycles. The average molecular weight is 229 g/mol. The lowest BCUT2D eigenvalue weighted by Crippen LogP contribution is -2.07. The third-order valence-corrected chi connectivity index (χ3v) is 2.84. The Labute approximate surface area is 89.6 Å². The van der Waals surface area contributed by atoms with Crippen LogP contribution in [0.5, 0.6) is 0 Å². The molecule has 1 N–H and O–H groups in total. The number of nitro groups is 1. The van der Waals surface area contributed by atoms with Gasteiger partial charge in [-0.2, -0.15) is 0 Å². The zero-order valence-corrected chi connectivity index (χ0v) is 8.94. The molecule has 0 spiro atoms. The van der Waals surface area contributed by atoms with Crippen LogP contribution in [0.15, 0.2) is 24.3 Å². The average Bonchev–Trinajstić information content (AvgIpc) is 2.16. The number of hydrogen-bond acceptors (Lipinski definition) is 3. The van der Waals surface area contributed by atoms with E-state index in [1.807, 2.05) is 0 Å². The molecule has 5 nitrogen and oxygen atoms in total. The van der Waals surface area contributed by atoms with Gasteiger partial charge in [-0.25, -0.2) is 4.21 Å². The summed E-state index contributed by atoms with van der Waals surface area (Å²) >= 11 is -1.94. The van der Waals surface area contributed by atoms with Crippen molar-refractivity contribution in [1.29, 1.82) is 0 Å². The largest absolute Gasteiger partial charge is 0.306 e. The molecule has 0 amide bonds. The molecule has 0 aromatic heterocycles. The third-order valence-electron chi connectivity index (χ3n) is 2.06. The van der Waals surface area contributed by atoms with Gasteiger partial charge in [-0.15, -0.1) is 0 Å². The van der Waals surface area contributed by atoms with E-state index in [4.69, 9.17) is 4.55 Å². The first-order valence-corrected chi connectivity index (χ1v) is 5.60. The smallest absolute Gasteiger partial charge is 0.272 e. The van der Waals surface area contributed by atoms with E-state index in [9.17, 15) is 14.3 Å². The standard InChI is InChI=1S/C9H11NO4S/c1-7(6-15(13)14)8-4-2-3-5-9(8)10(11)12/h2-5,7H,6H2,1H3,(H,13,14). The Bertz CT molecular complexity index is 393. The van der Waals surface area contributed by atoms with Gasteiger partial charge < -0.3 is 4.55 Å². The monoisotopic (exact) mass is 229 g/mol. The minimum absolute atomic E-state index is 0.00421. The number of benzene rings is 1. The van der Waals surface area contributed by atoms with Gasteiger partial charge in [-0.05, 0) is 0 Å². The predicted octanol–water partition coefficient (Wildman–Crippen LogP) is 1.92. The Kier molecular flexibility index (Phi) is 3.93. The third kappa shape index (κ3) is 3.10. The van der Waals surface area contributed by atoms with Crippen molar-refractivity contribution >= 4 is 16.8 Å². The van der Waals surface area contributed by atoms with Crippen LogP contribution in [-0.4, -0.2) is 19.4 Å². The molecule has 2 atom stereocenters. The van der Waals surface area contributed by atoms with Crippen LogP contribution < -0.4 is 0 Å². The lowest BCUT2D eigenvalue weighted by atomic mass is 10.0. The molecule has 0 heterocycles. The summed E-state index contributed by atoms with van der Waals surface area (Å²) in [5.41, 5.74) is 0.486. The summed E-state index contributed by atoms with van der Waals surface area (Å²) < 4.78 is 19.3. The molecule has 0 radical (unpaired) electrons. The summed E-state index contributed by atoms with van der Waals surface area (Å²) in [6.07, 6.45) is 0. The molecule has 0 bridgehead atoms. The highest BCUT2D eigenvalue weighted by Crippen LogP contribution is 2.26. The van der Waals surface area contributed by atoms with Gasteiger partial charge in [0.05, 0.1) is 10.7 Å². The maximum absolute atomic E-state index is 10.7. The number of rotatable bonds is 4. The van der Waals surface area contributed by atoms with E-state index in [-0.39, 0.29) is 17.4 Å². The molecule has 82 valence electrons. The molecule has 0 aliphatic carbocycles. The van der Waals surface area contributed by atoms with E-state index < -0.39 is 16.0 Å². The van der Waals surface area contributed by atoms with E-state index in [0.29, 0.717) is 5.56 Å². The molecule has 0 aliphatic rings. The van der Waals surface area contributed by atoms with Crippen LogP contribution in [0, 0.1) is 10.1 Å². The van der Waals surface area contributed by atoms with Crippen LogP contribution in [0.2, 0.25) is 0 Å². The normalized spacial score (nSPS) is 14.5. The van der Waals surface area contributed by atoms with Crippen molar-refractivity contribution in [3.05, 3.63) is 39.9 Å². The molecular formula is C9H11NO4S. The molecule has 0 saturated heterocycles. The minimum atomic E-state index is -1.94. The van der Waals surface area contributed by atoms with Gasteiger partial charge in [0, 0.05) is 17.5 Å². The molecular weight excluding hydrogens is 218 g/mol. The fraction of sp³-hybridized carbons (Fsp3) is 0.333. The van der Waals surface area contributed by atoms with Crippen LogP contribution in [0.3, 0.4) is 0 Å². The summed E-state index contributed by atoms with van der Waals surface area (Å²) in [6.45, 7) is 1.69. The van der Waals surface area contributed by atoms with Gasteiger partial charge in [0.1, 0.15) is 0 Å². The predicted molar refractivity (Wildman–Crippen MR) is 57.1 cm³/mol. The van der Waals surface area contributed by atoms with Crippen molar-refractivity contribution in [2.45, 2.75) is 12.8 Å². The maximum Gasteiger partial charge on any atom is 0.272 e. The van der Waals surface area contributed by atoms with E-state index in [1.54, 1.807) is 25.1 Å². The summed E-state index contributed by atoms with van der Waals surface area (Å²) in [5.74, 6) is -0.303. The maximum atomic E-state index is 10.7. The summed E-state index contributed by atoms with van der Waals surface area (Å²) in [4.78, 5) is 10.2. The molecule has 0 saturated carbocycles. The first-order chi connectivity index (χ1) is 7.02. The Hall–Kier alpha value is -1.27. The van der Waals surface area contributed by atoms with Gasteiger partial charge in [0.2, 0.25) is 0 Å².